The van der Waals surface area contributed by atoms with Gasteiger partial charge in [0.1, 0.15) is 22.3 Å². The molecule has 0 N–H and O–H groups in total. The van der Waals surface area contributed by atoms with Gasteiger partial charge in [0.05, 0.1) is 16.4 Å². The first-order valence-electron chi connectivity index (χ1n) is 16.9. The van der Waals surface area contributed by atoms with E-state index < -0.39 is 0 Å². The van der Waals surface area contributed by atoms with Crippen molar-refractivity contribution in [1.82, 2.24) is 19.5 Å². The maximum Gasteiger partial charge on any atom is 0.164 e. The summed E-state index contributed by atoms with van der Waals surface area (Å²) >= 11 is 0. The number of nitrogens with zero attached hydrogens (tertiary/aromatic N) is 4. The van der Waals surface area contributed by atoms with E-state index in [4.69, 9.17) is 23.8 Å². The highest BCUT2D eigenvalue weighted by atomic mass is 16.3. The van der Waals surface area contributed by atoms with Crippen LogP contribution in [0.3, 0.4) is 0 Å². The smallest absolute Gasteiger partial charge is 0.164 e. The molecule has 0 bridgehead atoms. The molecule has 0 unspecified atom stereocenters. The van der Waals surface area contributed by atoms with Crippen LogP contribution in [0.1, 0.15) is 0 Å². The highest BCUT2D eigenvalue weighted by Gasteiger charge is 2.20. The van der Waals surface area contributed by atoms with Crippen molar-refractivity contribution in [3.8, 4) is 39.9 Å². The summed E-state index contributed by atoms with van der Waals surface area (Å²) in [5.74, 6) is 1.86. The van der Waals surface area contributed by atoms with Gasteiger partial charge in [-0.05, 0) is 54.6 Å². The number of hydrogen-bond acceptors (Lipinski definition) is 5. The molecule has 7 aromatic carbocycles. The van der Waals surface area contributed by atoms with Crippen LogP contribution in [0.5, 0.6) is 0 Å². The molecule has 0 aliphatic rings. The number of hydrogen-bond donors (Lipinski definition) is 0. The lowest BCUT2D eigenvalue weighted by atomic mass is 10.1. The van der Waals surface area contributed by atoms with E-state index in [-0.39, 0.29) is 0 Å². The van der Waals surface area contributed by atoms with Crippen molar-refractivity contribution in [2.45, 2.75) is 0 Å². The van der Waals surface area contributed by atoms with Gasteiger partial charge in [-0.3, -0.25) is 0 Å². The lowest BCUT2D eigenvalue weighted by Crippen LogP contribution is -2.00. The van der Waals surface area contributed by atoms with Crippen LogP contribution < -0.4 is 0 Å². The van der Waals surface area contributed by atoms with Gasteiger partial charge in [0, 0.05) is 55.4 Å². The van der Waals surface area contributed by atoms with Crippen molar-refractivity contribution in [3.63, 3.8) is 0 Å². The number of rotatable bonds is 4. The molecule has 0 aliphatic heterocycles. The monoisotopic (exact) mass is 654 g/mol. The van der Waals surface area contributed by atoms with E-state index in [2.05, 4.69) is 83.4 Å². The van der Waals surface area contributed by atoms with Crippen LogP contribution in [-0.2, 0) is 0 Å². The van der Waals surface area contributed by atoms with Crippen LogP contribution in [0, 0.1) is 0 Å². The lowest BCUT2D eigenvalue weighted by Gasteiger charge is -2.08. The first kappa shape index (κ1) is 27.9. The minimum atomic E-state index is 0.603. The normalized spacial score (nSPS) is 11.9. The van der Waals surface area contributed by atoms with Crippen LogP contribution in [0.15, 0.2) is 167 Å². The van der Waals surface area contributed by atoms with E-state index in [1.165, 1.54) is 10.8 Å². The molecule has 0 radical (unpaired) electrons. The minimum Gasteiger partial charge on any atom is -0.456 e. The van der Waals surface area contributed by atoms with Gasteiger partial charge in [0.2, 0.25) is 0 Å². The molecule has 0 fully saturated rings. The van der Waals surface area contributed by atoms with Gasteiger partial charge in [-0.15, -0.1) is 0 Å². The molecule has 11 aromatic rings. The average Bonchev–Trinajstić information content (AvgIpc) is 3.87. The third kappa shape index (κ3) is 4.26. The molecule has 0 atom stereocenters. The zero-order valence-corrected chi connectivity index (χ0v) is 27.1. The van der Waals surface area contributed by atoms with E-state index in [1.54, 1.807) is 0 Å². The van der Waals surface area contributed by atoms with Crippen molar-refractivity contribution in [2.75, 3.05) is 0 Å². The summed E-state index contributed by atoms with van der Waals surface area (Å²) in [6.45, 7) is 0. The standard InChI is InChI=1S/C45H26N4O2/c1-3-11-27(12-4-1)43-46-44(28-13-5-2-6-14-28)48-45(47-43)29-19-23-38-35(25-29)33-22-24-39-41(42(33)51-38)34-21-20-30(26-40(34)50-39)49-36-17-9-7-15-31(36)32-16-8-10-18-37(32)49/h1-26H. The Hall–Kier alpha value is -7.05. The molecule has 0 saturated carbocycles. The van der Waals surface area contributed by atoms with E-state index in [0.29, 0.717) is 17.5 Å². The van der Waals surface area contributed by atoms with Crippen LogP contribution in [0.25, 0.3) is 106 Å². The predicted molar refractivity (Wildman–Crippen MR) is 205 cm³/mol. The van der Waals surface area contributed by atoms with Gasteiger partial charge in [-0.1, -0.05) is 97.1 Å². The third-order valence-corrected chi connectivity index (χ3v) is 9.85. The Morgan fingerprint density at radius 3 is 1.61 bits per heavy atom. The summed E-state index contributed by atoms with van der Waals surface area (Å²) in [6, 6.07) is 53.9. The topological polar surface area (TPSA) is 69.9 Å². The first-order chi connectivity index (χ1) is 25.3. The molecular formula is C45H26N4O2. The van der Waals surface area contributed by atoms with Gasteiger partial charge in [0.25, 0.3) is 0 Å². The van der Waals surface area contributed by atoms with Gasteiger partial charge in [0.15, 0.2) is 17.5 Å². The van der Waals surface area contributed by atoms with Gasteiger partial charge in [-0.25, -0.2) is 15.0 Å². The highest BCUT2D eigenvalue weighted by molar-refractivity contribution is 6.22. The summed E-state index contributed by atoms with van der Waals surface area (Å²) in [4.78, 5) is 14.8. The molecule has 238 valence electrons. The predicted octanol–water partition coefficient (Wildman–Crippen LogP) is 11.8. The van der Waals surface area contributed by atoms with Crippen LogP contribution >= 0.6 is 0 Å². The zero-order chi connectivity index (χ0) is 33.5. The maximum absolute atomic E-state index is 6.61. The first-order valence-corrected chi connectivity index (χ1v) is 16.9. The molecule has 0 aliphatic carbocycles. The average molecular weight is 655 g/mol. The molecular weight excluding hydrogens is 629 g/mol. The second-order valence-electron chi connectivity index (χ2n) is 12.8. The Bertz CT molecular complexity index is 3030. The number of benzene rings is 7. The molecule has 11 rings (SSSR count). The second-order valence-corrected chi connectivity index (χ2v) is 12.8. The fourth-order valence-corrected chi connectivity index (χ4v) is 7.50. The Labute approximate surface area is 290 Å². The third-order valence-electron chi connectivity index (χ3n) is 9.85. The summed E-state index contributed by atoms with van der Waals surface area (Å²) in [5, 5.41) is 6.43. The SMILES string of the molecule is c1ccc(-c2nc(-c3ccccc3)nc(-c3ccc4oc5c(ccc6oc7cc(-n8c9ccccc9c9ccccc98)ccc7c65)c4c3)n2)cc1. The van der Waals surface area contributed by atoms with Crippen molar-refractivity contribution in [1.29, 1.82) is 0 Å². The minimum absolute atomic E-state index is 0.603. The lowest BCUT2D eigenvalue weighted by molar-refractivity contribution is 0.662. The Morgan fingerprint density at radius 1 is 0.373 bits per heavy atom. The number of fused-ring (bicyclic) bond motifs is 10. The second kappa shape index (κ2) is 10.7. The van der Waals surface area contributed by atoms with Crippen LogP contribution in [0.4, 0.5) is 0 Å². The van der Waals surface area contributed by atoms with E-state index >= 15 is 0 Å². The van der Waals surface area contributed by atoms with Crippen LogP contribution in [0.2, 0.25) is 0 Å². The van der Waals surface area contributed by atoms with Gasteiger partial charge in [-0.2, -0.15) is 0 Å². The fraction of sp³-hybridized carbons (Fsp3) is 0. The van der Waals surface area contributed by atoms with Gasteiger partial charge >= 0.3 is 0 Å². The maximum atomic E-state index is 6.61. The van der Waals surface area contributed by atoms with Crippen molar-refractivity contribution < 1.29 is 8.83 Å². The molecule has 0 spiro atoms. The number of aromatic nitrogens is 4. The molecule has 6 nitrogen and oxygen atoms in total. The molecule has 4 heterocycles. The number of para-hydroxylation sites is 2. The summed E-state index contributed by atoms with van der Waals surface area (Å²) < 4.78 is 15.4. The summed E-state index contributed by atoms with van der Waals surface area (Å²) in [5.41, 5.74) is 9.31. The molecule has 4 aromatic heterocycles. The molecule has 0 amide bonds. The number of furan rings is 2. The molecule has 0 saturated heterocycles. The Balaban J connectivity index is 1.07. The van der Waals surface area contributed by atoms with E-state index in [9.17, 15) is 0 Å². The van der Waals surface area contributed by atoms with Crippen LogP contribution in [-0.4, -0.2) is 19.5 Å². The summed E-state index contributed by atoms with van der Waals surface area (Å²) in [7, 11) is 0. The van der Waals surface area contributed by atoms with Gasteiger partial charge < -0.3 is 13.4 Å². The molecule has 6 heteroatoms. The Morgan fingerprint density at radius 2 is 0.941 bits per heavy atom. The van der Waals surface area contributed by atoms with E-state index in [1.807, 2.05) is 78.9 Å². The zero-order valence-electron chi connectivity index (χ0n) is 27.1. The fourth-order valence-electron chi connectivity index (χ4n) is 7.50. The van der Waals surface area contributed by atoms with Crippen molar-refractivity contribution in [2.24, 2.45) is 0 Å². The highest BCUT2D eigenvalue weighted by Crippen LogP contribution is 2.41. The Kier molecular flexibility index (Phi) is 5.86. The van der Waals surface area contributed by atoms with E-state index in [0.717, 1.165) is 77.3 Å². The van der Waals surface area contributed by atoms with Crippen molar-refractivity contribution in [3.05, 3.63) is 158 Å². The largest absolute Gasteiger partial charge is 0.456 e. The summed E-state index contributed by atoms with van der Waals surface area (Å²) in [6.07, 6.45) is 0. The quantitative estimate of drug-likeness (QED) is 0.189. The molecule has 51 heavy (non-hydrogen) atoms. The van der Waals surface area contributed by atoms with Crippen molar-refractivity contribution >= 4 is 65.7 Å².